The van der Waals surface area contributed by atoms with Gasteiger partial charge in [0, 0.05) is 22.4 Å². The molecule has 5 nitrogen and oxygen atoms in total. The zero-order chi connectivity index (χ0) is 13.6. The smallest absolute Gasteiger partial charge is 0.266 e. The van der Waals surface area contributed by atoms with Gasteiger partial charge in [0.05, 0.1) is 5.69 Å². The van der Waals surface area contributed by atoms with Crippen molar-refractivity contribution in [1.29, 1.82) is 0 Å². The van der Waals surface area contributed by atoms with Crippen LogP contribution in [0.2, 0.25) is 10.0 Å². The topological polar surface area (TPSA) is 63.2 Å². The number of halogens is 2. The minimum Gasteiger partial charge on any atom is -0.266 e. The predicted octanol–water partition coefficient (Wildman–Crippen LogP) is 2.58. The quantitative estimate of drug-likeness (QED) is 0.758. The van der Waals surface area contributed by atoms with Crippen LogP contribution >= 0.6 is 23.2 Å². The van der Waals surface area contributed by atoms with Gasteiger partial charge in [-0.05, 0) is 18.2 Å². The van der Waals surface area contributed by atoms with E-state index in [0.717, 1.165) is 4.90 Å². The molecule has 0 fully saturated rings. The van der Waals surface area contributed by atoms with E-state index < -0.39 is 11.8 Å². The Bertz CT molecular complexity index is 663. The predicted molar refractivity (Wildman–Crippen MR) is 69.6 cm³/mol. The number of aromatic nitrogens is 2. The summed E-state index contributed by atoms with van der Waals surface area (Å²) in [6, 6.07) is 4.48. The summed E-state index contributed by atoms with van der Waals surface area (Å²) in [5.74, 6) is -1.07. The van der Waals surface area contributed by atoms with Gasteiger partial charge in [0.1, 0.15) is 0 Å². The summed E-state index contributed by atoms with van der Waals surface area (Å²) in [5, 5.41) is 0.667. The summed E-state index contributed by atoms with van der Waals surface area (Å²) >= 11 is 11.7. The molecule has 19 heavy (non-hydrogen) atoms. The van der Waals surface area contributed by atoms with Crippen LogP contribution in [0.3, 0.4) is 0 Å². The number of hydrogen-bond acceptors (Lipinski definition) is 4. The largest absolute Gasteiger partial charge is 0.286 e. The van der Waals surface area contributed by atoms with Crippen LogP contribution < -0.4 is 4.90 Å². The summed E-state index contributed by atoms with van der Waals surface area (Å²) in [5.41, 5.74) is 0.361. The van der Waals surface area contributed by atoms with Crippen LogP contribution in [0.15, 0.2) is 30.6 Å². The Kier molecular flexibility index (Phi) is 2.73. The number of benzene rings is 1. The number of anilines is 1. The molecule has 0 saturated heterocycles. The van der Waals surface area contributed by atoms with Gasteiger partial charge in [0.15, 0.2) is 11.4 Å². The van der Waals surface area contributed by atoms with E-state index in [2.05, 4.69) is 9.97 Å². The number of fused-ring (bicyclic) bond motifs is 1. The highest BCUT2D eigenvalue weighted by Crippen LogP contribution is 2.30. The molecule has 0 aliphatic carbocycles. The Morgan fingerprint density at radius 3 is 1.79 bits per heavy atom. The number of imide groups is 1. The fraction of sp³-hybridized carbons (Fsp3) is 0. The average Bonchev–Trinajstić information content (AvgIpc) is 2.61. The molecule has 1 aliphatic heterocycles. The maximum absolute atomic E-state index is 12.1. The van der Waals surface area contributed by atoms with E-state index >= 15 is 0 Å². The van der Waals surface area contributed by atoms with Crippen molar-refractivity contribution in [2.45, 2.75) is 0 Å². The summed E-state index contributed by atoms with van der Waals surface area (Å²) in [7, 11) is 0. The molecule has 1 aromatic carbocycles. The SMILES string of the molecule is O=C1c2nccnc2C(=O)N1c1cc(Cl)cc(Cl)c1. The van der Waals surface area contributed by atoms with E-state index in [-0.39, 0.29) is 11.4 Å². The zero-order valence-electron chi connectivity index (χ0n) is 9.30. The van der Waals surface area contributed by atoms with Crippen LogP contribution in [0.1, 0.15) is 21.0 Å². The highest BCUT2D eigenvalue weighted by atomic mass is 35.5. The minimum atomic E-state index is -0.536. The molecule has 2 amide bonds. The minimum absolute atomic E-state index is 0.0311. The highest BCUT2D eigenvalue weighted by molar-refractivity contribution is 6.37. The molecule has 0 saturated carbocycles. The Labute approximate surface area is 117 Å². The lowest BCUT2D eigenvalue weighted by Gasteiger charge is -2.13. The molecule has 0 bridgehead atoms. The normalized spacial score (nSPS) is 13.9. The Morgan fingerprint density at radius 2 is 1.32 bits per heavy atom. The van der Waals surface area contributed by atoms with E-state index in [4.69, 9.17) is 23.2 Å². The van der Waals surface area contributed by atoms with Gasteiger partial charge in [0.25, 0.3) is 11.8 Å². The van der Waals surface area contributed by atoms with Crippen molar-refractivity contribution in [2.24, 2.45) is 0 Å². The Morgan fingerprint density at radius 1 is 0.842 bits per heavy atom. The molecule has 2 aromatic rings. The standard InChI is InChI=1S/C12H5Cl2N3O2/c13-6-3-7(14)5-8(4-6)17-11(18)9-10(12(17)19)16-2-1-15-9/h1-5H. The number of hydrogen-bond donors (Lipinski definition) is 0. The molecule has 2 heterocycles. The van der Waals surface area contributed by atoms with Crippen molar-refractivity contribution >= 4 is 40.7 Å². The maximum Gasteiger partial charge on any atom is 0.286 e. The number of carbonyl (C=O) groups excluding carboxylic acids is 2. The van der Waals surface area contributed by atoms with Crippen molar-refractivity contribution < 1.29 is 9.59 Å². The van der Waals surface area contributed by atoms with Gasteiger partial charge >= 0.3 is 0 Å². The lowest BCUT2D eigenvalue weighted by molar-refractivity contribution is 0.0923. The van der Waals surface area contributed by atoms with Gasteiger partial charge in [-0.25, -0.2) is 14.9 Å². The molecule has 94 valence electrons. The van der Waals surface area contributed by atoms with E-state index in [1.54, 1.807) is 0 Å². The van der Waals surface area contributed by atoms with Gasteiger partial charge in [0.2, 0.25) is 0 Å². The number of carbonyl (C=O) groups is 2. The fourth-order valence-electron chi connectivity index (χ4n) is 1.86. The average molecular weight is 294 g/mol. The summed E-state index contributed by atoms with van der Waals surface area (Å²) in [6.07, 6.45) is 2.72. The van der Waals surface area contributed by atoms with Crippen LogP contribution in [0.5, 0.6) is 0 Å². The number of rotatable bonds is 1. The molecule has 7 heteroatoms. The first-order valence-corrected chi connectivity index (χ1v) is 5.99. The Balaban J connectivity index is 2.14. The van der Waals surface area contributed by atoms with Crippen molar-refractivity contribution in [2.75, 3.05) is 4.90 Å². The molecule has 0 unspecified atom stereocenters. The fourth-order valence-corrected chi connectivity index (χ4v) is 2.37. The first-order valence-electron chi connectivity index (χ1n) is 5.24. The Hall–Kier alpha value is -1.98. The van der Waals surface area contributed by atoms with Crippen LogP contribution in [0.25, 0.3) is 0 Å². The molecule has 3 rings (SSSR count). The molecular weight excluding hydrogens is 289 g/mol. The monoisotopic (exact) mass is 293 g/mol. The second kappa shape index (κ2) is 4.29. The number of nitrogens with zero attached hydrogens (tertiary/aromatic N) is 3. The molecule has 0 radical (unpaired) electrons. The first kappa shape index (κ1) is 12.1. The van der Waals surface area contributed by atoms with Gasteiger partial charge in [-0.15, -0.1) is 0 Å². The second-order valence-electron chi connectivity index (χ2n) is 3.83. The summed E-state index contributed by atoms with van der Waals surface area (Å²) in [6.45, 7) is 0. The third-order valence-corrected chi connectivity index (χ3v) is 3.05. The van der Waals surface area contributed by atoms with Crippen molar-refractivity contribution in [3.63, 3.8) is 0 Å². The van der Waals surface area contributed by atoms with Gasteiger partial charge < -0.3 is 0 Å². The van der Waals surface area contributed by atoms with Crippen molar-refractivity contribution in [3.05, 3.63) is 52.0 Å². The van der Waals surface area contributed by atoms with Gasteiger partial charge in [-0.2, -0.15) is 0 Å². The lowest BCUT2D eigenvalue weighted by atomic mass is 10.3. The first-order chi connectivity index (χ1) is 9.08. The van der Waals surface area contributed by atoms with Gasteiger partial charge in [-0.3, -0.25) is 9.59 Å². The van der Waals surface area contributed by atoms with Crippen LogP contribution in [0, 0.1) is 0 Å². The molecule has 1 aliphatic rings. The van der Waals surface area contributed by atoms with Crippen LogP contribution in [-0.4, -0.2) is 21.8 Å². The van der Waals surface area contributed by atoms with Crippen LogP contribution in [0.4, 0.5) is 5.69 Å². The van der Waals surface area contributed by atoms with Crippen molar-refractivity contribution in [3.8, 4) is 0 Å². The number of amides is 2. The molecule has 0 atom stereocenters. The highest BCUT2D eigenvalue weighted by Gasteiger charge is 2.39. The third kappa shape index (κ3) is 1.87. The van der Waals surface area contributed by atoms with Crippen LogP contribution in [-0.2, 0) is 0 Å². The summed E-state index contributed by atoms with van der Waals surface area (Å²) < 4.78 is 0. The maximum atomic E-state index is 12.1. The molecule has 0 N–H and O–H groups in total. The lowest BCUT2D eigenvalue weighted by Crippen LogP contribution is -2.29. The van der Waals surface area contributed by atoms with E-state index in [1.165, 1.54) is 30.6 Å². The van der Waals surface area contributed by atoms with Gasteiger partial charge in [-0.1, -0.05) is 23.2 Å². The summed E-state index contributed by atoms with van der Waals surface area (Å²) in [4.78, 5) is 33.0. The van der Waals surface area contributed by atoms with E-state index in [0.29, 0.717) is 15.7 Å². The molecule has 0 spiro atoms. The molecular formula is C12H5Cl2N3O2. The zero-order valence-corrected chi connectivity index (χ0v) is 10.8. The van der Waals surface area contributed by atoms with E-state index in [1.807, 2.05) is 0 Å². The molecule has 1 aromatic heterocycles. The second-order valence-corrected chi connectivity index (χ2v) is 4.70. The third-order valence-electron chi connectivity index (χ3n) is 2.62. The van der Waals surface area contributed by atoms with E-state index in [9.17, 15) is 9.59 Å². The van der Waals surface area contributed by atoms with Crippen molar-refractivity contribution in [1.82, 2.24) is 9.97 Å².